The van der Waals surface area contributed by atoms with E-state index < -0.39 is 0 Å². The molecule has 5 nitrogen and oxygen atoms in total. The molecular weight excluding hydrogens is 430 g/mol. The van der Waals surface area contributed by atoms with E-state index in [0.29, 0.717) is 19.5 Å². The van der Waals surface area contributed by atoms with Crippen molar-refractivity contribution in [3.05, 3.63) is 46.6 Å². The van der Waals surface area contributed by atoms with Crippen LogP contribution in [0.25, 0.3) is 16.2 Å². The van der Waals surface area contributed by atoms with Crippen molar-refractivity contribution in [2.75, 3.05) is 19.7 Å². The van der Waals surface area contributed by atoms with Gasteiger partial charge in [-0.1, -0.05) is 44.5 Å². The minimum Gasteiger partial charge on any atom is -0.376 e. The molecule has 3 heterocycles. The number of halogens is 1. The van der Waals surface area contributed by atoms with E-state index in [2.05, 4.69) is 36.7 Å². The number of carbonyl (C=O) groups is 1. The maximum Gasteiger partial charge on any atom is 0.223 e. The number of imidazole rings is 1. The van der Waals surface area contributed by atoms with E-state index in [1.165, 1.54) is 5.69 Å². The standard InChI is InChI=1S/C24H30ClN3O2S/c1-24(2,3)13-22(29)27(14-20-5-4-12-30-20)11-10-19-16-31-23-26-21(15-28(19)23)17-6-8-18(25)9-7-17/h6-9,15-16,20H,4-5,10-14H2,1-3H3. The Bertz CT molecular complexity index is 1030. The van der Waals surface area contributed by atoms with E-state index in [4.69, 9.17) is 21.3 Å². The predicted molar refractivity (Wildman–Crippen MR) is 127 cm³/mol. The number of nitrogens with zero attached hydrogens (tertiary/aromatic N) is 3. The normalized spacial score (nSPS) is 16.8. The van der Waals surface area contributed by atoms with Crippen molar-refractivity contribution in [3.63, 3.8) is 0 Å². The molecule has 1 aliphatic rings. The average Bonchev–Trinajstić information content (AvgIpc) is 3.42. The Morgan fingerprint density at radius 1 is 1.32 bits per heavy atom. The van der Waals surface area contributed by atoms with E-state index in [1.54, 1.807) is 11.3 Å². The predicted octanol–water partition coefficient (Wildman–Crippen LogP) is 5.70. The number of carbonyl (C=O) groups excluding carboxylic acids is 1. The average molecular weight is 460 g/mol. The molecule has 1 unspecified atom stereocenters. The number of benzene rings is 1. The first-order valence-corrected chi connectivity index (χ1v) is 12.1. The van der Waals surface area contributed by atoms with Crippen LogP contribution in [0.2, 0.25) is 5.02 Å². The van der Waals surface area contributed by atoms with E-state index in [9.17, 15) is 4.79 Å². The third-order valence-electron chi connectivity index (χ3n) is 5.54. The number of hydrogen-bond donors (Lipinski definition) is 0. The molecule has 4 rings (SSSR count). The Morgan fingerprint density at radius 2 is 2.10 bits per heavy atom. The van der Waals surface area contributed by atoms with Crippen LogP contribution in [0.5, 0.6) is 0 Å². The molecule has 1 aliphatic heterocycles. The molecule has 1 fully saturated rings. The number of rotatable bonds is 7. The van der Waals surface area contributed by atoms with Crippen molar-refractivity contribution in [1.82, 2.24) is 14.3 Å². The third-order valence-corrected chi connectivity index (χ3v) is 6.68. The van der Waals surface area contributed by atoms with Gasteiger partial charge in [-0.3, -0.25) is 9.20 Å². The van der Waals surface area contributed by atoms with Crippen LogP contribution < -0.4 is 0 Å². The highest BCUT2D eigenvalue weighted by Crippen LogP contribution is 2.26. The summed E-state index contributed by atoms with van der Waals surface area (Å²) < 4.78 is 7.96. The highest BCUT2D eigenvalue weighted by atomic mass is 35.5. The van der Waals surface area contributed by atoms with Crippen LogP contribution in [0, 0.1) is 5.41 Å². The van der Waals surface area contributed by atoms with E-state index in [-0.39, 0.29) is 17.4 Å². The number of ether oxygens (including phenoxy) is 1. The van der Waals surface area contributed by atoms with Gasteiger partial charge in [0.25, 0.3) is 0 Å². The molecule has 166 valence electrons. The van der Waals surface area contributed by atoms with E-state index in [0.717, 1.165) is 47.1 Å². The van der Waals surface area contributed by atoms with Crippen LogP contribution in [-0.4, -0.2) is 46.0 Å². The topological polar surface area (TPSA) is 46.8 Å². The molecule has 0 aliphatic carbocycles. The molecule has 0 radical (unpaired) electrons. The van der Waals surface area contributed by atoms with Crippen molar-refractivity contribution >= 4 is 33.8 Å². The lowest BCUT2D eigenvalue weighted by atomic mass is 9.91. The Kier molecular flexibility index (Phi) is 6.70. The minimum absolute atomic E-state index is 0.0284. The van der Waals surface area contributed by atoms with Gasteiger partial charge in [0.15, 0.2) is 4.96 Å². The molecule has 1 amide bonds. The molecule has 1 aromatic carbocycles. The maximum atomic E-state index is 13.0. The highest BCUT2D eigenvalue weighted by Gasteiger charge is 2.26. The largest absolute Gasteiger partial charge is 0.376 e. The zero-order valence-corrected chi connectivity index (χ0v) is 20.0. The molecule has 7 heteroatoms. The summed E-state index contributed by atoms with van der Waals surface area (Å²) in [6.45, 7) is 8.51. The molecule has 0 spiro atoms. The third kappa shape index (κ3) is 5.68. The summed E-state index contributed by atoms with van der Waals surface area (Å²) in [4.78, 5) is 20.8. The second-order valence-electron chi connectivity index (χ2n) is 9.47. The van der Waals surface area contributed by atoms with Crippen LogP contribution in [0.15, 0.2) is 35.8 Å². The SMILES string of the molecule is CC(C)(C)CC(=O)N(CCc1csc2nc(-c3ccc(Cl)cc3)cn12)CC1CCCO1. The number of amides is 1. The molecule has 1 atom stereocenters. The lowest BCUT2D eigenvalue weighted by molar-refractivity contribution is -0.134. The van der Waals surface area contributed by atoms with Crippen molar-refractivity contribution < 1.29 is 9.53 Å². The van der Waals surface area contributed by atoms with Gasteiger partial charge in [-0.2, -0.15) is 0 Å². The van der Waals surface area contributed by atoms with Crippen LogP contribution in [0.1, 0.15) is 45.7 Å². The summed E-state index contributed by atoms with van der Waals surface area (Å²) in [5, 5.41) is 2.86. The summed E-state index contributed by atoms with van der Waals surface area (Å²) >= 11 is 7.65. The summed E-state index contributed by atoms with van der Waals surface area (Å²) in [5.74, 6) is 0.210. The van der Waals surface area contributed by atoms with Crippen molar-refractivity contribution in [1.29, 1.82) is 0 Å². The zero-order valence-electron chi connectivity index (χ0n) is 18.4. The summed E-state index contributed by atoms with van der Waals surface area (Å²) in [6, 6.07) is 7.75. The Labute approximate surface area is 193 Å². The monoisotopic (exact) mass is 459 g/mol. The van der Waals surface area contributed by atoms with Crippen LogP contribution in [0.3, 0.4) is 0 Å². The van der Waals surface area contributed by atoms with Crippen LogP contribution >= 0.6 is 22.9 Å². The van der Waals surface area contributed by atoms with Crippen molar-refractivity contribution in [2.24, 2.45) is 5.41 Å². The first-order valence-electron chi connectivity index (χ1n) is 10.9. The minimum atomic E-state index is -0.0284. The Morgan fingerprint density at radius 3 is 2.77 bits per heavy atom. The lowest BCUT2D eigenvalue weighted by Gasteiger charge is -2.28. The van der Waals surface area contributed by atoms with Gasteiger partial charge in [0.05, 0.1) is 11.8 Å². The summed E-state index contributed by atoms with van der Waals surface area (Å²) in [5.41, 5.74) is 3.13. The fraction of sp³-hybridized carbons (Fsp3) is 0.500. The maximum absolute atomic E-state index is 13.0. The quantitative estimate of drug-likeness (QED) is 0.455. The van der Waals surface area contributed by atoms with Gasteiger partial charge in [0.2, 0.25) is 5.91 Å². The first kappa shape index (κ1) is 22.3. The van der Waals surface area contributed by atoms with Gasteiger partial charge < -0.3 is 9.64 Å². The Balaban J connectivity index is 1.49. The second kappa shape index (κ2) is 9.31. The van der Waals surface area contributed by atoms with Crippen molar-refractivity contribution in [3.8, 4) is 11.3 Å². The van der Waals surface area contributed by atoms with Gasteiger partial charge >= 0.3 is 0 Å². The summed E-state index contributed by atoms with van der Waals surface area (Å²) in [6.07, 6.45) is 5.69. The Hall–Kier alpha value is -1.89. The van der Waals surface area contributed by atoms with Crippen molar-refractivity contribution in [2.45, 2.75) is 52.6 Å². The molecule has 0 bridgehead atoms. The molecule has 2 aromatic heterocycles. The van der Waals surface area contributed by atoms with Gasteiger partial charge in [-0.25, -0.2) is 4.98 Å². The van der Waals surface area contributed by atoms with Crippen LogP contribution in [-0.2, 0) is 16.0 Å². The summed E-state index contributed by atoms with van der Waals surface area (Å²) in [7, 11) is 0. The van der Waals surface area contributed by atoms with E-state index >= 15 is 0 Å². The fourth-order valence-corrected chi connectivity index (χ4v) is 4.97. The lowest BCUT2D eigenvalue weighted by Crippen LogP contribution is -2.40. The molecule has 1 saturated heterocycles. The highest BCUT2D eigenvalue weighted by molar-refractivity contribution is 7.15. The fourth-order valence-electron chi connectivity index (χ4n) is 3.94. The number of hydrogen-bond acceptors (Lipinski definition) is 4. The van der Waals surface area contributed by atoms with Gasteiger partial charge in [0.1, 0.15) is 0 Å². The second-order valence-corrected chi connectivity index (χ2v) is 10.7. The van der Waals surface area contributed by atoms with Gasteiger partial charge in [0, 0.05) is 60.4 Å². The molecule has 31 heavy (non-hydrogen) atoms. The zero-order chi connectivity index (χ0) is 22.0. The van der Waals surface area contributed by atoms with Gasteiger partial charge in [-0.15, -0.1) is 11.3 Å². The van der Waals surface area contributed by atoms with E-state index in [1.807, 2.05) is 29.2 Å². The first-order chi connectivity index (χ1) is 14.8. The van der Waals surface area contributed by atoms with Crippen LogP contribution in [0.4, 0.5) is 0 Å². The smallest absolute Gasteiger partial charge is 0.223 e. The number of thiazole rings is 1. The molecular formula is C24H30ClN3O2S. The molecule has 0 saturated carbocycles. The molecule has 0 N–H and O–H groups in total. The molecule has 3 aromatic rings. The number of fused-ring (bicyclic) bond motifs is 1. The number of aromatic nitrogens is 2. The van der Waals surface area contributed by atoms with Gasteiger partial charge in [-0.05, 0) is 30.4 Å².